The highest BCUT2D eigenvalue weighted by atomic mass is 16.5. The number of aliphatic imine (C=N–C) groups is 1. The lowest BCUT2D eigenvalue weighted by Crippen LogP contribution is -2.41. The van der Waals surface area contributed by atoms with Gasteiger partial charge >= 0.3 is 0 Å². The van der Waals surface area contributed by atoms with Crippen LogP contribution in [-0.4, -0.2) is 38.8 Å². The van der Waals surface area contributed by atoms with Crippen LogP contribution in [0.2, 0.25) is 0 Å². The van der Waals surface area contributed by atoms with Crippen molar-refractivity contribution in [2.45, 2.75) is 71.6 Å². The minimum Gasteiger partial charge on any atom is -0.382 e. The Kier molecular flexibility index (Phi) is 6.07. The summed E-state index contributed by atoms with van der Waals surface area (Å²) in [4.78, 5) is 5.00. The van der Waals surface area contributed by atoms with Crippen LogP contribution in [0.1, 0.15) is 71.6 Å². The van der Waals surface area contributed by atoms with Crippen molar-refractivity contribution in [3.05, 3.63) is 0 Å². The largest absolute Gasteiger partial charge is 0.382 e. The number of guanidine groups is 1. The highest BCUT2D eigenvalue weighted by Crippen LogP contribution is 2.60. The van der Waals surface area contributed by atoms with Gasteiger partial charge in [-0.3, -0.25) is 4.99 Å². The molecule has 3 aliphatic carbocycles. The Morgan fingerprint density at radius 2 is 1.83 bits per heavy atom. The molecular weight excluding hydrogens is 298 g/mol. The molecule has 4 heteroatoms. The van der Waals surface area contributed by atoms with Gasteiger partial charge in [0, 0.05) is 32.8 Å². The zero-order valence-electron chi connectivity index (χ0n) is 15.8. The van der Waals surface area contributed by atoms with Gasteiger partial charge < -0.3 is 15.4 Å². The van der Waals surface area contributed by atoms with Crippen LogP contribution in [0.3, 0.4) is 0 Å². The van der Waals surface area contributed by atoms with E-state index in [0.29, 0.717) is 10.8 Å². The maximum atomic E-state index is 5.63. The van der Waals surface area contributed by atoms with Crippen molar-refractivity contribution < 1.29 is 4.74 Å². The molecular formula is C20H37N3O. The summed E-state index contributed by atoms with van der Waals surface area (Å²) in [6.07, 6.45) is 12.3. The molecule has 0 unspecified atom stereocenters. The van der Waals surface area contributed by atoms with Crippen molar-refractivity contribution in [3.63, 3.8) is 0 Å². The second kappa shape index (κ2) is 8.07. The highest BCUT2D eigenvalue weighted by Gasteiger charge is 2.53. The average molecular weight is 336 g/mol. The van der Waals surface area contributed by atoms with E-state index in [4.69, 9.17) is 9.73 Å². The van der Waals surface area contributed by atoms with Crippen LogP contribution < -0.4 is 10.6 Å². The highest BCUT2D eigenvalue weighted by molar-refractivity contribution is 5.79. The maximum Gasteiger partial charge on any atom is 0.191 e. The van der Waals surface area contributed by atoms with Gasteiger partial charge in [0.05, 0.1) is 0 Å². The van der Waals surface area contributed by atoms with Gasteiger partial charge in [-0.05, 0) is 75.5 Å². The van der Waals surface area contributed by atoms with Crippen LogP contribution in [-0.2, 0) is 4.74 Å². The second-order valence-corrected chi connectivity index (χ2v) is 8.34. The standard InChI is InChI=1S/C20H37N3O/c1-3-21-18(23-16-20(11-12-20)17-7-8-17)22-15-19(9-5-6-10-19)13-14-24-4-2/h17H,3-16H2,1-2H3,(H2,21,22,23). The van der Waals surface area contributed by atoms with E-state index < -0.39 is 0 Å². The Labute approximate surface area is 148 Å². The topological polar surface area (TPSA) is 45.7 Å². The molecule has 0 aromatic carbocycles. The van der Waals surface area contributed by atoms with E-state index in [1.807, 2.05) is 0 Å². The zero-order valence-corrected chi connectivity index (χ0v) is 15.8. The number of hydrogen-bond donors (Lipinski definition) is 2. The fraction of sp³-hybridized carbons (Fsp3) is 0.950. The first-order valence-corrected chi connectivity index (χ1v) is 10.3. The van der Waals surface area contributed by atoms with E-state index in [1.165, 1.54) is 51.4 Å². The summed E-state index contributed by atoms with van der Waals surface area (Å²) in [6, 6.07) is 0. The van der Waals surface area contributed by atoms with Crippen molar-refractivity contribution in [2.75, 3.05) is 32.8 Å². The molecule has 0 aromatic heterocycles. The monoisotopic (exact) mass is 335 g/mol. The number of ether oxygens (including phenoxy) is 1. The summed E-state index contributed by atoms with van der Waals surface area (Å²) in [7, 11) is 0. The Balaban J connectivity index is 1.53. The summed E-state index contributed by atoms with van der Waals surface area (Å²) in [5, 5.41) is 7.12. The first-order valence-electron chi connectivity index (χ1n) is 10.3. The quantitative estimate of drug-likeness (QED) is 0.363. The van der Waals surface area contributed by atoms with Gasteiger partial charge in [0.25, 0.3) is 0 Å². The van der Waals surface area contributed by atoms with E-state index in [9.17, 15) is 0 Å². The zero-order chi connectivity index (χ0) is 16.9. The lowest BCUT2D eigenvalue weighted by molar-refractivity contribution is 0.107. The minimum absolute atomic E-state index is 0.380. The summed E-state index contributed by atoms with van der Waals surface area (Å²) in [6.45, 7) is 8.97. The first-order chi connectivity index (χ1) is 11.7. The molecule has 0 bridgehead atoms. The van der Waals surface area contributed by atoms with Gasteiger partial charge in [-0.15, -0.1) is 0 Å². The van der Waals surface area contributed by atoms with Gasteiger partial charge in [0.15, 0.2) is 5.96 Å². The molecule has 0 aromatic rings. The van der Waals surface area contributed by atoms with Crippen molar-refractivity contribution in [1.29, 1.82) is 0 Å². The second-order valence-electron chi connectivity index (χ2n) is 8.34. The molecule has 0 heterocycles. The normalized spacial score (nSPS) is 24.8. The maximum absolute atomic E-state index is 5.63. The third kappa shape index (κ3) is 4.65. The third-order valence-electron chi connectivity index (χ3n) is 6.51. The van der Waals surface area contributed by atoms with E-state index in [-0.39, 0.29) is 0 Å². The summed E-state index contributed by atoms with van der Waals surface area (Å²) < 4.78 is 5.63. The predicted octanol–water partition coefficient (Wildman–Crippen LogP) is 3.72. The van der Waals surface area contributed by atoms with Crippen LogP contribution in [0.5, 0.6) is 0 Å². The summed E-state index contributed by atoms with van der Waals surface area (Å²) in [5.74, 6) is 2.03. The van der Waals surface area contributed by atoms with Crippen molar-refractivity contribution >= 4 is 5.96 Å². The van der Waals surface area contributed by atoms with Crippen LogP contribution in [0.15, 0.2) is 4.99 Å². The molecule has 0 spiro atoms. The molecule has 0 radical (unpaired) electrons. The Bertz CT molecular complexity index is 421. The fourth-order valence-corrected chi connectivity index (χ4v) is 4.48. The average Bonchev–Trinajstić information content (AvgIpc) is 3.49. The fourth-order valence-electron chi connectivity index (χ4n) is 4.48. The Morgan fingerprint density at radius 1 is 1.08 bits per heavy atom. The molecule has 2 N–H and O–H groups in total. The molecule has 3 aliphatic rings. The minimum atomic E-state index is 0.380. The van der Waals surface area contributed by atoms with Crippen molar-refractivity contribution in [1.82, 2.24) is 10.6 Å². The van der Waals surface area contributed by atoms with Crippen LogP contribution in [0, 0.1) is 16.7 Å². The number of nitrogens with one attached hydrogen (secondary N) is 2. The molecule has 3 rings (SSSR count). The molecule has 3 saturated carbocycles. The molecule has 138 valence electrons. The van der Waals surface area contributed by atoms with E-state index in [1.54, 1.807) is 0 Å². The molecule has 3 fully saturated rings. The van der Waals surface area contributed by atoms with Crippen molar-refractivity contribution in [3.8, 4) is 0 Å². The number of hydrogen-bond acceptors (Lipinski definition) is 2. The molecule has 0 atom stereocenters. The molecule has 0 saturated heterocycles. The van der Waals surface area contributed by atoms with E-state index in [2.05, 4.69) is 24.5 Å². The van der Waals surface area contributed by atoms with Gasteiger partial charge in [-0.2, -0.15) is 0 Å². The lowest BCUT2D eigenvalue weighted by atomic mass is 9.83. The first kappa shape index (κ1) is 18.0. The molecule has 0 amide bonds. The van der Waals surface area contributed by atoms with Gasteiger partial charge in [0.1, 0.15) is 0 Å². The van der Waals surface area contributed by atoms with Crippen LogP contribution >= 0.6 is 0 Å². The SMILES string of the molecule is CCNC(=NCC1(CCOCC)CCCC1)NCC1(C2CC2)CC1. The van der Waals surface area contributed by atoms with Crippen LogP contribution in [0.4, 0.5) is 0 Å². The predicted molar refractivity (Wildman–Crippen MR) is 100 cm³/mol. The number of rotatable bonds is 10. The molecule has 24 heavy (non-hydrogen) atoms. The lowest BCUT2D eigenvalue weighted by Gasteiger charge is -2.27. The van der Waals surface area contributed by atoms with Crippen LogP contribution in [0.25, 0.3) is 0 Å². The van der Waals surface area contributed by atoms with Gasteiger partial charge in [-0.1, -0.05) is 12.8 Å². The van der Waals surface area contributed by atoms with Gasteiger partial charge in [-0.25, -0.2) is 0 Å². The summed E-state index contributed by atoms with van der Waals surface area (Å²) in [5.41, 5.74) is 1.00. The number of nitrogens with zero attached hydrogens (tertiary/aromatic N) is 1. The molecule has 4 nitrogen and oxygen atoms in total. The van der Waals surface area contributed by atoms with E-state index in [0.717, 1.165) is 51.1 Å². The Hall–Kier alpha value is -0.770. The summed E-state index contributed by atoms with van der Waals surface area (Å²) >= 11 is 0. The van der Waals surface area contributed by atoms with Crippen molar-refractivity contribution in [2.24, 2.45) is 21.7 Å². The Morgan fingerprint density at radius 3 is 2.42 bits per heavy atom. The molecule has 0 aliphatic heterocycles. The van der Waals surface area contributed by atoms with Gasteiger partial charge in [0.2, 0.25) is 0 Å². The third-order valence-corrected chi connectivity index (χ3v) is 6.51. The van der Waals surface area contributed by atoms with E-state index >= 15 is 0 Å². The smallest absolute Gasteiger partial charge is 0.191 e.